The average molecular weight is 342 g/mol. The van der Waals surface area contributed by atoms with Gasteiger partial charge in [-0.3, -0.25) is 0 Å². The number of ether oxygens (including phenoxy) is 1. The molecule has 0 radical (unpaired) electrons. The fourth-order valence-corrected chi connectivity index (χ4v) is 2.95. The van der Waals surface area contributed by atoms with Crippen LogP contribution >= 0.6 is 0 Å². The lowest BCUT2D eigenvalue weighted by atomic mass is 10.1. The number of H-pyrrole nitrogens is 1. The molecular formula is C19H14N6O. The predicted octanol–water partition coefficient (Wildman–Crippen LogP) is 3.38. The van der Waals surface area contributed by atoms with Crippen molar-refractivity contribution in [2.24, 2.45) is 5.10 Å². The molecule has 2 aromatic carbocycles. The zero-order valence-electron chi connectivity index (χ0n) is 13.7. The van der Waals surface area contributed by atoms with Crippen LogP contribution in [0, 0.1) is 0 Å². The second-order valence-corrected chi connectivity index (χ2v) is 5.92. The molecule has 0 unspecified atom stereocenters. The quantitative estimate of drug-likeness (QED) is 0.440. The molecule has 0 aliphatic carbocycles. The highest BCUT2D eigenvalue weighted by Crippen LogP contribution is 2.25. The number of aromatic nitrogens is 4. The lowest BCUT2D eigenvalue weighted by Gasteiger charge is -2.15. The van der Waals surface area contributed by atoms with Crippen molar-refractivity contribution in [3.63, 3.8) is 0 Å². The van der Waals surface area contributed by atoms with Crippen LogP contribution in [0.3, 0.4) is 0 Å². The number of hydrogen-bond donors (Lipinski definition) is 2. The summed E-state index contributed by atoms with van der Waals surface area (Å²) in [6.07, 6.45) is 3.75. The molecule has 0 fully saturated rings. The van der Waals surface area contributed by atoms with Gasteiger partial charge >= 0.3 is 0 Å². The molecule has 126 valence electrons. The van der Waals surface area contributed by atoms with Crippen molar-refractivity contribution < 1.29 is 4.74 Å². The third-order valence-electron chi connectivity index (χ3n) is 4.17. The summed E-state index contributed by atoms with van der Waals surface area (Å²) in [6, 6.07) is 15.8. The Bertz CT molecular complexity index is 1180. The number of hydrazone groups is 1. The maximum absolute atomic E-state index is 5.69. The molecule has 0 saturated carbocycles. The Balaban J connectivity index is 1.37. The van der Waals surface area contributed by atoms with Gasteiger partial charge in [-0.25, -0.2) is 5.43 Å². The number of nitrogens with zero attached hydrogens (tertiary/aromatic N) is 4. The third kappa shape index (κ3) is 2.55. The summed E-state index contributed by atoms with van der Waals surface area (Å²) in [5, 5.41) is 13.5. The van der Waals surface area contributed by atoms with Crippen LogP contribution in [0.4, 0.5) is 5.95 Å². The van der Waals surface area contributed by atoms with Crippen molar-refractivity contribution in [3.8, 4) is 5.75 Å². The summed E-state index contributed by atoms with van der Waals surface area (Å²) < 4.78 is 5.69. The molecule has 0 bridgehead atoms. The highest BCUT2D eigenvalue weighted by molar-refractivity contribution is 6.03. The maximum Gasteiger partial charge on any atom is 0.265 e. The third-order valence-corrected chi connectivity index (χ3v) is 4.17. The lowest BCUT2D eigenvalue weighted by molar-refractivity contribution is 0.353. The van der Waals surface area contributed by atoms with Gasteiger partial charge in [0.2, 0.25) is 0 Å². The van der Waals surface area contributed by atoms with Crippen LogP contribution in [0.2, 0.25) is 0 Å². The molecule has 4 aromatic rings. The number of para-hydroxylation sites is 2. The molecule has 1 aliphatic rings. The summed E-state index contributed by atoms with van der Waals surface area (Å²) in [7, 11) is 0. The van der Waals surface area contributed by atoms with Crippen molar-refractivity contribution in [3.05, 3.63) is 59.7 Å². The summed E-state index contributed by atoms with van der Waals surface area (Å²) in [5.74, 6) is 1.22. The van der Waals surface area contributed by atoms with Gasteiger partial charge in [-0.1, -0.05) is 36.4 Å². The molecule has 0 atom stereocenters. The zero-order chi connectivity index (χ0) is 17.3. The molecule has 0 saturated heterocycles. The topological polar surface area (TPSA) is 88.1 Å². The molecule has 2 aromatic heterocycles. The molecule has 5 rings (SSSR count). The highest BCUT2D eigenvalue weighted by Gasteiger charge is 2.10. The summed E-state index contributed by atoms with van der Waals surface area (Å²) in [5.41, 5.74) is 7.21. The van der Waals surface area contributed by atoms with E-state index in [-0.39, 0.29) is 0 Å². The number of fused-ring (bicyclic) bond motifs is 4. The summed E-state index contributed by atoms with van der Waals surface area (Å²) >= 11 is 0. The van der Waals surface area contributed by atoms with Crippen LogP contribution in [0.25, 0.3) is 28.1 Å². The van der Waals surface area contributed by atoms with Gasteiger partial charge in [0.15, 0.2) is 5.65 Å². The Morgan fingerprint density at radius 3 is 2.96 bits per heavy atom. The molecule has 7 nitrogen and oxygen atoms in total. The number of anilines is 1. The molecule has 7 heteroatoms. The minimum absolute atomic E-state index is 0.332. The van der Waals surface area contributed by atoms with Crippen LogP contribution in [0.15, 0.2) is 59.2 Å². The number of benzene rings is 2. The van der Waals surface area contributed by atoms with Crippen molar-refractivity contribution in [2.75, 3.05) is 12.0 Å². The van der Waals surface area contributed by atoms with E-state index in [0.717, 1.165) is 33.3 Å². The first kappa shape index (κ1) is 14.6. The van der Waals surface area contributed by atoms with Gasteiger partial charge in [-0.15, -0.1) is 10.2 Å². The van der Waals surface area contributed by atoms with Crippen LogP contribution in [0.1, 0.15) is 5.56 Å². The molecule has 1 aliphatic heterocycles. The van der Waals surface area contributed by atoms with Gasteiger partial charge in [0.05, 0.1) is 6.21 Å². The van der Waals surface area contributed by atoms with Gasteiger partial charge in [0.1, 0.15) is 17.9 Å². The van der Waals surface area contributed by atoms with Gasteiger partial charge in [0, 0.05) is 22.0 Å². The largest absolute Gasteiger partial charge is 0.488 e. The fourth-order valence-electron chi connectivity index (χ4n) is 2.95. The van der Waals surface area contributed by atoms with E-state index in [1.807, 2.05) is 54.6 Å². The van der Waals surface area contributed by atoms with E-state index >= 15 is 0 Å². The molecule has 3 heterocycles. The van der Waals surface area contributed by atoms with Gasteiger partial charge in [0.25, 0.3) is 5.95 Å². The van der Waals surface area contributed by atoms with E-state index in [9.17, 15) is 0 Å². The minimum Gasteiger partial charge on any atom is -0.488 e. The van der Waals surface area contributed by atoms with Crippen LogP contribution in [0.5, 0.6) is 5.75 Å². The lowest BCUT2D eigenvalue weighted by Crippen LogP contribution is -2.08. The first-order valence-electron chi connectivity index (χ1n) is 8.19. The first-order valence-corrected chi connectivity index (χ1v) is 8.19. The zero-order valence-corrected chi connectivity index (χ0v) is 13.7. The monoisotopic (exact) mass is 342 g/mol. The number of hydrogen-bond acceptors (Lipinski definition) is 6. The average Bonchev–Trinajstić information content (AvgIpc) is 3.06. The van der Waals surface area contributed by atoms with Gasteiger partial charge in [-0.05, 0) is 18.2 Å². The van der Waals surface area contributed by atoms with Crippen molar-refractivity contribution in [1.29, 1.82) is 0 Å². The Morgan fingerprint density at radius 2 is 1.96 bits per heavy atom. The SMILES string of the molecule is C(=NNc1nnc2c(n1)[nH]c1ccccc12)C1=Cc2ccccc2OC1. The van der Waals surface area contributed by atoms with Crippen LogP contribution < -0.4 is 10.2 Å². The molecule has 2 N–H and O–H groups in total. The molecule has 0 amide bonds. The number of nitrogens with one attached hydrogen (secondary N) is 2. The Hall–Kier alpha value is -3.74. The fraction of sp³-hybridized carbons (Fsp3) is 0.0526. The van der Waals surface area contributed by atoms with E-state index in [1.165, 1.54) is 0 Å². The van der Waals surface area contributed by atoms with E-state index in [0.29, 0.717) is 18.2 Å². The Morgan fingerprint density at radius 1 is 1.08 bits per heavy atom. The predicted molar refractivity (Wildman–Crippen MR) is 101 cm³/mol. The summed E-state index contributed by atoms with van der Waals surface area (Å²) in [4.78, 5) is 7.66. The van der Waals surface area contributed by atoms with Gasteiger partial charge < -0.3 is 9.72 Å². The van der Waals surface area contributed by atoms with Crippen molar-refractivity contribution in [2.45, 2.75) is 0 Å². The standard InChI is InChI=1S/C19H14N6O/c1-4-8-16-13(5-1)9-12(11-26-16)10-20-24-19-22-18-17(23-25-19)14-6-2-3-7-15(14)21-18/h1-10H,11H2,(H2,21,22,24,25). The number of aromatic amines is 1. The Kier molecular flexibility index (Phi) is 3.35. The van der Waals surface area contributed by atoms with E-state index in [1.54, 1.807) is 6.21 Å². The molecular weight excluding hydrogens is 328 g/mol. The maximum atomic E-state index is 5.69. The second-order valence-electron chi connectivity index (χ2n) is 5.92. The summed E-state index contributed by atoms with van der Waals surface area (Å²) in [6.45, 7) is 0.475. The van der Waals surface area contributed by atoms with Crippen molar-refractivity contribution >= 4 is 40.3 Å². The van der Waals surface area contributed by atoms with Gasteiger partial charge in [-0.2, -0.15) is 10.1 Å². The Labute approximate surface area is 148 Å². The van der Waals surface area contributed by atoms with E-state index in [4.69, 9.17) is 4.74 Å². The minimum atomic E-state index is 0.332. The molecule has 26 heavy (non-hydrogen) atoms. The van der Waals surface area contributed by atoms with Crippen molar-refractivity contribution in [1.82, 2.24) is 20.2 Å². The van der Waals surface area contributed by atoms with Crippen LogP contribution in [-0.4, -0.2) is 33.0 Å². The van der Waals surface area contributed by atoms with Crippen LogP contribution in [-0.2, 0) is 0 Å². The number of rotatable bonds is 3. The van der Waals surface area contributed by atoms with E-state index < -0.39 is 0 Å². The highest BCUT2D eigenvalue weighted by atomic mass is 16.5. The first-order chi connectivity index (χ1) is 12.9. The smallest absolute Gasteiger partial charge is 0.265 e. The normalized spacial score (nSPS) is 13.6. The van der Waals surface area contributed by atoms with E-state index in [2.05, 4.69) is 30.7 Å². The molecule has 0 spiro atoms. The second kappa shape index (κ2) is 5.96.